The minimum atomic E-state index is -1.40. The van der Waals surface area contributed by atoms with Gasteiger partial charge in [-0.2, -0.15) is 0 Å². The summed E-state index contributed by atoms with van der Waals surface area (Å²) >= 11 is 0. The van der Waals surface area contributed by atoms with Gasteiger partial charge in [-0.1, -0.05) is 391 Å². The largest absolute Gasteiger partial charge is 0.350 e. The van der Waals surface area contributed by atoms with Crippen LogP contribution >= 0.6 is 0 Å². The van der Waals surface area contributed by atoms with Crippen molar-refractivity contribution in [3.05, 3.63) is 135 Å². The highest BCUT2D eigenvalue weighted by Gasteiger charge is 2.40. The molecule has 2 aromatic rings. The Morgan fingerprint density at radius 1 is 0.373 bits per heavy atom. The van der Waals surface area contributed by atoms with Crippen molar-refractivity contribution in [1.29, 1.82) is 0 Å². The molecule has 102 heavy (non-hydrogen) atoms. The molecule has 3 saturated carbocycles. The number of ether oxygens (including phenoxy) is 8. The van der Waals surface area contributed by atoms with Gasteiger partial charge in [-0.3, -0.25) is 0 Å². The van der Waals surface area contributed by atoms with Gasteiger partial charge in [0.15, 0.2) is 25.2 Å². The number of epoxide rings is 4. The van der Waals surface area contributed by atoms with Gasteiger partial charge in [0.05, 0.1) is 42.6 Å². The van der Waals surface area contributed by atoms with Crippen molar-refractivity contribution in [2.45, 2.75) is 327 Å². The highest BCUT2D eigenvalue weighted by atomic mass is 28.3. The van der Waals surface area contributed by atoms with Gasteiger partial charge in [0, 0.05) is 8.07 Å². The van der Waals surface area contributed by atoms with Crippen LogP contribution in [0.5, 0.6) is 0 Å². The van der Waals surface area contributed by atoms with Gasteiger partial charge in [-0.15, -0.1) is 26.3 Å². The van der Waals surface area contributed by atoms with E-state index in [0.29, 0.717) is 47.3 Å². The number of rotatable bonds is 22. The predicted molar refractivity (Wildman–Crippen MR) is 463 cm³/mol. The first-order chi connectivity index (χ1) is 47.9. The minimum absolute atomic E-state index is 0.136. The molecule has 0 bridgehead atoms. The van der Waals surface area contributed by atoms with E-state index in [1.807, 2.05) is 24.3 Å². The third kappa shape index (κ3) is 61.4. The SMILES string of the molecule is C=CC(C)C.C=CC(C)C.C=CC(C)C.C=CC(C)C.CC(C)COC1CO1.CC(C)COC1CO1.CC(C)COC1CO1.CC(C)COC1CO1.C[Si](C)(C)C1CCCCC1.C[Si](C)(C)c1ccccc1.C[Si](C)(C1=CCCC=C1)c1ccccc1.C[Si](C)(C1CCCCC1)C1CCCCC1. The first-order valence-corrected chi connectivity index (χ1v) is 54.0. The van der Waals surface area contributed by atoms with Crippen LogP contribution in [-0.2, 0) is 37.9 Å². The number of benzene rings is 2. The van der Waals surface area contributed by atoms with Gasteiger partial charge in [-0.25, -0.2) is 0 Å². The Hall–Kier alpha value is -2.57. The highest BCUT2D eigenvalue weighted by Crippen LogP contribution is 2.48. The summed E-state index contributed by atoms with van der Waals surface area (Å²) in [4.78, 5) is 0. The molecule has 4 aliphatic carbocycles. The van der Waals surface area contributed by atoms with Crippen LogP contribution in [0, 0.1) is 47.3 Å². The third-order valence-electron chi connectivity index (χ3n) is 18.6. The van der Waals surface area contributed by atoms with E-state index in [0.717, 1.165) is 58.4 Å². The summed E-state index contributed by atoms with van der Waals surface area (Å²) in [5, 5.41) is 4.65. The van der Waals surface area contributed by atoms with Crippen molar-refractivity contribution in [3.63, 3.8) is 0 Å². The molecule has 10 rings (SSSR count). The lowest BCUT2D eigenvalue weighted by Gasteiger charge is -2.43. The molecular weight excluding hydrogens is 1320 g/mol. The van der Waals surface area contributed by atoms with Crippen molar-refractivity contribution in [3.8, 4) is 0 Å². The first-order valence-electron chi connectivity index (χ1n) is 40.8. The quantitative estimate of drug-likeness (QED) is 0.0655. The second-order valence-corrected chi connectivity index (χ2v) is 55.6. The van der Waals surface area contributed by atoms with E-state index in [1.165, 1.54) is 105 Å². The van der Waals surface area contributed by atoms with Crippen LogP contribution in [0.15, 0.2) is 135 Å². The second kappa shape index (κ2) is 59.4. The van der Waals surface area contributed by atoms with Crippen LogP contribution in [0.4, 0.5) is 0 Å². The fraction of sp³-hybridized carbons (Fsp3) is 0.733. The van der Waals surface area contributed by atoms with E-state index in [2.05, 4.69) is 281 Å². The summed E-state index contributed by atoms with van der Waals surface area (Å²) in [6.07, 6.45) is 40.8. The molecule has 12 heteroatoms. The van der Waals surface area contributed by atoms with Crippen LogP contribution in [-0.4, -0.2) is 110 Å². The van der Waals surface area contributed by atoms with E-state index in [9.17, 15) is 0 Å². The Labute approximate surface area is 638 Å². The van der Waals surface area contributed by atoms with Gasteiger partial charge < -0.3 is 37.9 Å². The van der Waals surface area contributed by atoms with E-state index < -0.39 is 32.3 Å². The molecule has 2 aromatic carbocycles. The first kappa shape index (κ1) is 101. The molecule has 0 radical (unpaired) electrons. The maximum atomic E-state index is 5.19. The van der Waals surface area contributed by atoms with Crippen LogP contribution in [0.3, 0.4) is 0 Å². The molecule has 0 amide bonds. The van der Waals surface area contributed by atoms with E-state index in [-0.39, 0.29) is 25.2 Å². The van der Waals surface area contributed by atoms with Gasteiger partial charge in [0.25, 0.3) is 0 Å². The Morgan fingerprint density at radius 2 is 0.627 bits per heavy atom. The maximum absolute atomic E-state index is 5.19. The fourth-order valence-electron chi connectivity index (χ4n) is 10.8. The molecule has 4 heterocycles. The van der Waals surface area contributed by atoms with Crippen LogP contribution < -0.4 is 10.4 Å². The van der Waals surface area contributed by atoms with Gasteiger partial charge in [0.2, 0.25) is 0 Å². The summed E-state index contributed by atoms with van der Waals surface area (Å²) in [6, 6.07) is 21.7. The standard InChI is InChI=1S/C14H28Si.C14H18Si.C9H20Si.C9H14Si.4C6H12O2.4C5H10/c2*1-15(2,13-9-5-3-6-10-13)14-11-7-4-8-12-14;2*1-10(2,3)9-7-5-4-6-8-9;4*1-5(2)3-7-6-4-8-6;4*1-4-5(2)3/h13-14H,3-12H2,1-2H3;3,5-7,9-12H,4,8H2,1-2H3;9H,4-8H2,1-3H3;4-8H,1-3H3;4*5-6H,3-4H2,1-2H3;4*4-5H,1H2,2-3H3. The van der Waals surface area contributed by atoms with Crippen molar-refractivity contribution in [2.75, 3.05) is 52.9 Å². The second-order valence-electron chi connectivity index (χ2n) is 35.3. The molecular formula is C90H168O8Si4. The molecule has 0 spiro atoms. The zero-order chi connectivity index (χ0) is 77.7. The lowest BCUT2D eigenvalue weighted by molar-refractivity contribution is 0.0342. The fourth-order valence-corrected chi connectivity index (χ4v) is 21.1. The lowest BCUT2D eigenvalue weighted by Crippen LogP contribution is -2.43. The highest BCUT2D eigenvalue weighted by molar-refractivity contribution is 6.96. The van der Waals surface area contributed by atoms with Crippen LogP contribution in [0.2, 0.25) is 82.1 Å². The predicted octanol–water partition coefficient (Wildman–Crippen LogP) is 26.0. The molecule has 4 aliphatic heterocycles. The molecule has 4 saturated heterocycles. The van der Waals surface area contributed by atoms with Gasteiger partial charge >= 0.3 is 0 Å². The zero-order valence-electron chi connectivity index (χ0n) is 71.7. The molecule has 4 unspecified atom stereocenters. The molecule has 8 aliphatic rings. The summed E-state index contributed by atoms with van der Waals surface area (Å²) in [5.41, 5.74) is 3.49. The number of hydrogen-bond donors (Lipinski definition) is 0. The Balaban J connectivity index is 0. The van der Waals surface area contributed by atoms with Crippen molar-refractivity contribution in [1.82, 2.24) is 0 Å². The molecule has 8 nitrogen and oxygen atoms in total. The zero-order valence-corrected chi connectivity index (χ0v) is 75.7. The number of hydrogen-bond acceptors (Lipinski definition) is 8. The summed E-state index contributed by atoms with van der Waals surface area (Å²) in [7, 11) is -4.10. The minimum Gasteiger partial charge on any atom is -0.350 e. The molecule has 7 fully saturated rings. The molecule has 0 N–H and O–H groups in total. The van der Waals surface area contributed by atoms with E-state index in [1.54, 1.807) is 30.9 Å². The Bertz CT molecular complexity index is 2180. The van der Waals surface area contributed by atoms with Crippen molar-refractivity contribution >= 4 is 42.7 Å². The molecule has 0 aromatic heterocycles. The maximum Gasteiger partial charge on any atom is 0.181 e. The summed E-state index contributed by atoms with van der Waals surface area (Å²) < 4.78 is 40.1. The van der Waals surface area contributed by atoms with E-state index >= 15 is 0 Å². The lowest BCUT2D eigenvalue weighted by atomic mass is 9.99. The van der Waals surface area contributed by atoms with Crippen molar-refractivity contribution < 1.29 is 37.9 Å². The van der Waals surface area contributed by atoms with Gasteiger partial charge in [-0.05, 0) is 76.8 Å². The normalized spacial score (nSPS) is 19.8. The van der Waals surface area contributed by atoms with Gasteiger partial charge in [0.1, 0.15) is 34.5 Å². The topological polar surface area (TPSA) is 87.0 Å². The molecule has 4 atom stereocenters. The third-order valence-corrected chi connectivity index (χ3v) is 32.6. The summed E-state index contributed by atoms with van der Waals surface area (Å²) in [6.45, 7) is 79.5. The molecule has 592 valence electrons. The van der Waals surface area contributed by atoms with Crippen LogP contribution in [0.1, 0.15) is 220 Å². The van der Waals surface area contributed by atoms with Crippen molar-refractivity contribution in [2.24, 2.45) is 47.3 Å². The summed E-state index contributed by atoms with van der Waals surface area (Å²) in [5.74, 6) is 5.09. The average molecular weight is 1490 g/mol. The average Bonchev–Trinajstić information content (AvgIpc) is 1.12. The monoisotopic (exact) mass is 1490 g/mol. The van der Waals surface area contributed by atoms with Crippen LogP contribution in [0.25, 0.3) is 0 Å². The smallest absolute Gasteiger partial charge is 0.181 e. The Kier molecular flexibility index (Phi) is 59.1. The number of allylic oxidation sites excluding steroid dienone is 8. The van der Waals surface area contributed by atoms with E-state index in [4.69, 9.17) is 37.9 Å². The Morgan fingerprint density at radius 3 is 0.814 bits per heavy atom.